The van der Waals surface area contributed by atoms with E-state index < -0.39 is 4.87 Å². The van der Waals surface area contributed by atoms with Crippen LogP contribution in [0.25, 0.3) is 5.57 Å². The van der Waals surface area contributed by atoms with E-state index in [0.29, 0.717) is 6.61 Å². The molecule has 0 saturated heterocycles. The molecular formula is C20H23ClO2. The van der Waals surface area contributed by atoms with Crippen LogP contribution < -0.4 is 0 Å². The molecule has 122 valence electrons. The van der Waals surface area contributed by atoms with Crippen LogP contribution in [0.1, 0.15) is 32.3 Å². The van der Waals surface area contributed by atoms with Gasteiger partial charge in [0.1, 0.15) is 0 Å². The first-order chi connectivity index (χ1) is 11.0. The highest BCUT2D eigenvalue weighted by Crippen LogP contribution is 2.37. The van der Waals surface area contributed by atoms with Gasteiger partial charge in [0, 0.05) is 12.0 Å². The summed E-state index contributed by atoms with van der Waals surface area (Å²) in [6, 6.07) is 10.2. The Morgan fingerprint density at radius 3 is 2.74 bits per heavy atom. The summed E-state index contributed by atoms with van der Waals surface area (Å²) >= 11 is 6.66. The molecule has 1 aromatic rings. The van der Waals surface area contributed by atoms with Crippen molar-refractivity contribution in [3.63, 3.8) is 0 Å². The summed E-state index contributed by atoms with van der Waals surface area (Å²) in [5, 5.41) is 0. The van der Waals surface area contributed by atoms with Gasteiger partial charge in [-0.2, -0.15) is 0 Å². The maximum Gasteiger partial charge on any atom is 0.330 e. The van der Waals surface area contributed by atoms with Crippen LogP contribution >= 0.6 is 11.6 Å². The van der Waals surface area contributed by atoms with E-state index in [2.05, 4.69) is 25.1 Å². The average Bonchev–Trinajstić information content (AvgIpc) is 2.57. The quantitative estimate of drug-likeness (QED) is 0.312. The average molecular weight is 331 g/mol. The molecule has 0 radical (unpaired) electrons. The molecule has 0 fully saturated rings. The zero-order valence-corrected chi connectivity index (χ0v) is 14.4. The van der Waals surface area contributed by atoms with E-state index >= 15 is 0 Å². The van der Waals surface area contributed by atoms with Crippen molar-refractivity contribution in [3.8, 4) is 0 Å². The van der Waals surface area contributed by atoms with Crippen LogP contribution in [-0.2, 0) is 9.53 Å². The first kappa shape index (κ1) is 17.6. The summed E-state index contributed by atoms with van der Waals surface area (Å²) in [7, 11) is 0. The van der Waals surface area contributed by atoms with Crippen LogP contribution in [0.5, 0.6) is 0 Å². The van der Waals surface area contributed by atoms with E-state index in [4.69, 9.17) is 16.3 Å². The fourth-order valence-electron chi connectivity index (χ4n) is 2.41. The lowest BCUT2D eigenvalue weighted by Gasteiger charge is -2.29. The number of carbonyl (C=O) groups excluding carboxylic acids is 1. The third kappa shape index (κ3) is 4.84. The Bertz CT molecular complexity index is 616. The Kier molecular flexibility index (Phi) is 6.23. The van der Waals surface area contributed by atoms with Crippen LogP contribution in [0.15, 0.2) is 60.7 Å². The van der Waals surface area contributed by atoms with E-state index in [-0.39, 0.29) is 11.9 Å². The van der Waals surface area contributed by atoms with E-state index in [9.17, 15) is 4.79 Å². The van der Waals surface area contributed by atoms with Gasteiger partial charge in [-0.05, 0) is 17.6 Å². The number of alkyl halides is 1. The third-order valence-corrected chi connectivity index (χ3v) is 4.57. The van der Waals surface area contributed by atoms with Crippen molar-refractivity contribution in [1.29, 1.82) is 0 Å². The highest BCUT2D eigenvalue weighted by atomic mass is 35.5. The smallest absolute Gasteiger partial charge is 0.330 e. The Labute approximate surface area is 143 Å². The fourth-order valence-corrected chi connectivity index (χ4v) is 2.60. The molecule has 0 saturated carbocycles. The second-order valence-electron chi connectivity index (χ2n) is 5.79. The normalized spacial score (nSPS) is 23.8. The van der Waals surface area contributed by atoms with Crippen molar-refractivity contribution in [2.45, 2.75) is 31.6 Å². The van der Waals surface area contributed by atoms with Gasteiger partial charge in [0.15, 0.2) is 0 Å². The lowest BCUT2D eigenvalue weighted by molar-refractivity contribution is -0.137. The second kappa shape index (κ2) is 8.16. The monoisotopic (exact) mass is 330 g/mol. The van der Waals surface area contributed by atoms with Gasteiger partial charge in [-0.15, -0.1) is 11.6 Å². The van der Waals surface area contributed by atoms with Gasteiger partial charge in [0.25, 0.3) is 0 Å². The van der Waals surface area contributed by atoms with Gasteiger partial charge in [0.05, 0.1) is 11.5 Å². The molecule has 0 N–H and O–H groups in total. The zero-order valence-electron chi connectivity index (χ0n) is 13.7. The van der Waals surface area contributed by atoms with Crippen LogP contribution in [-0.4, -0.2) is 17.5 Å². The van der Waals surface area contributed by atoms with Gasteiger partial charge < -0.3 is 4.74 Å². The second-order valence-corrected chi connectivity index (χ2v) is 6.45. The number of unbranched alkanes of at least 4 members (excludes halogenated alkanes) is 1. The van der Waals surface area contributed by atoms with Gasteiger partial charge in [-0.25, -0.2) is 4.79 Å². The molecule has 0 heterocycles. The predicted octanol–water partition coefficient (Wildman–Crippen LogP) is 5.15. The summed E-state index contributed by atoms with van der Waals surface area (Å²) in [6.07, 6.45) is 11.1. The van der Waals surface area contributed by atoms with Crippen LogP contribution in [0.2, 0.25) is 0 Å². The molecule has 1 aromatic carbocycles. The number of esters is 1. The Hall–Kier alpha value is -1.80. The molecule has 0 bridgehead atoms. The zero-order chi connectivity index (χ0) is 16.7. The highest BCUT2D eigenvalue weighted by molar-refractivity contribution is 6.27. The molecule has 0 spiro atoms. The maximum absolute atomic E-state index is 11.7. The maximum atomic E-state index is 11.7. The number of hydrogen-bond donors (Lipinski definition) is 0. The third-order valence-electron chi connectivity index (χ3n) is 3.97. The minimum atomic E-state index is -0.692. The number of ether oxygens (including phenoxy) is 1. The number of benzene rings is 1. The van der Waals surface area contributed by atoms with Gasteiger partial charge in [0.2, 0.25) is 0 Å². The van der Waals surface area contributed by atoms with Gasteiger partial charge in [-0.3, -0.25) is 0 Å². The number of hydrogen-bond acceptors (Lipinski definition) is 2. The standard InChI is InChI=1S/C20H23ClO2/c1-3-4-14-23-19(22)11-13-20(21)12-10-18(15-16(20)2)17-8-6-5-7-9-17/h5-13,15-16H,3-4,14H2,1-2H3/b13-11+. The lowest BCUT2D eigenvalue weighted by Crippen LogP contribution is -2.26. The first-order valence-corrected chi connectivity index (χ1v) is 8.44. The molecule has 2 unspecified atom stereocenters. The molecule has 0 aromatic heterocycles. The molecule has 2 nitrogen and oxygen atoms in total. The van der Waals surface area contributed by atoms with Gasteiger partial charge in [-0.1, -0.05) is 74.9 Å². The molecule has 3 heteroatoms. The van der Waals surface area contributed by atoms with Gasteiger partial charge >= 0.3 is 5.97 Å². The number of carbonyl (C=O) groups is 1. The van der Waals surface area contributed by atoms with Crippen LogP contribution in [0.3, 0.4) is 0 Å². The largest absolute Gasteiger partial charge is 0.463 e. The number of halogens is 1. The SMILES string of the molecule is CCCCOC(=O)/C=C/C1(Cl)C=CC(c2ccccc2)=CC1C. The summed E-state index contributed by atoms with van der Waals surface area (Å²) in [4.78, 5) is 11.0. The summed E-state index contributed by atoms with van der Waals surface area (Å²) in [5.41, 5.74) is 2.31. The first-order valence-electron chi connectivity index (χ1n) is 8.06. The van der Waals surface area contributed by atoms with Crippen molar-refractivity contribution >= 4 is 23.1 Å². The van der Waals surface area contributed by atoms with Crippen molar-refractivity contribution in [2.75, 3.05) is 6.61 Å². The fraction of sp³-hybridized carbons (Fsp3) is 0.350. The number of allylic oxidation sites excluding steroid dienone is 5. The minimum Gasteiger partial charge on any atom is -0.463 e. The van der Waals surface area contributed by atoms with E-state index in [1.54, 1.807) is 6.08 Å². The molecule has 2 atom stereocenters. The molecule has 2 rings (SSSR count). The van der Waals surface area contributed by atoms with Crippen molar-refractivity contribution < 1.29 is 9.53 Å². The molecular weight excluding hydrogens is 308 g/mol. The highest BCUT2D eigenvalue weighted by Gasteiger charge is 2.30. The summed E-state index contributed by atoms with van der Waals surface area (Å²) in [6.45, 7) is 4.56. The van der Waals surface area contributed by atoms with Crippen LogP contribution in [0, 0.1) is 5.92 Å². The van der Waals surface area contributed by atoms with Crippen LogP contribution in [0.4, 0.5) is 0 Å². The molecule has 0 amide bonds. The Morgan fingerprint density at radius 2 is 2.09 bits per heavy atom. The lowest BCUT2D eigenvalue weighted by atomic mass is 9.84. The summed E-state index contributed by atoms with van der Waals surface area (Å²) in [5.74, 6) is -0.263. The molecule has 1 aliphatic rings. The molecule has 23 heavy (non-hydrogen) atoms. The molecule has 0 aliphatic heterocycles. The predicted molar refractivity (Wildman–Crippen MR) is 96.3 cm³/mol. The summed E-state index contributed by atoms with van der Waals surface area (Å²) < 4.78 is 5.12. The van der Waals surface area contributed by atoms with Crippen molar-refractivity contribution in [3.05, 3.63) is 66.3 Å². The van der Waals surface area contributed by atoms with Crippen molar-refractivity contribution in [1.82, 2.24) is 0 Å². The topological polar surface area (TPSA) is 26.3 Å². The van der Waals surface area contributed by atoms with E-state index in [1.807, 2.05) is 37.3 Å². The molecule has 1 aliphatic carbocycles. The Balaban J connectivity index is 2.03. The Morgan fingerprint density at radius 1 is 1.35 bits per heavy atom. The van der Waals surface area contributed by atoms with E-state index in [1.165, 1.54) is 6.08 Å². The van der Waals surface area contributed by atoms with E-state index in [0.717, 1.165) is 24.0 Å². The van der Waals surface area contributed by atoms with Crippen molar-refractivity contribution in [2.24, 2.45) is 5.92 Å². The minimum absolute atomic E-state index is 0.0732. The number of rotatable bonds is 6.